The molecule has 1 N–H and O–H groups in total. The molecule has 4 nitrogen and oxygen atoms in total. The van der Waals surface area contributed by atoms with Crippen LogP contribution >= 0.6 is 15.9 Å². The first-order chi connectivity index (χ1) is 7.08. The Morgan fingerprint density at radius 1 is 1.53 bits per heavy atom. The molecule has 0 saturated heterocycles. The van der Waals surface area contributed by atoms with Gasteiger partial charge in [-0.25, -0.2) is 4.79 Å². The van der Waals surface area contributed by atoms with Gasteiger partial charge in [-0.1, -0.05) is 15.9 Å². The van der Waals surface area contributed by atoms with Crippen LogP contribution < -0.4 is 4.74 Å². The van der Waals surface area contributed by atoms with E-state index in [4.69, 9.17) is 9.84 Å². The maximum atomic E-state index is 11.6. The average molecular weight is 271 g/mol. The van der Waals surface area contributed by atoms with Crippen molar-refractivity contribution in [3.8, 4) is 5.75 Å². The standard InChI is InChI=1S/C10H7BrO4/c11-5-1-2-8-6(3-5)7(12)4-9(15-8)10(13)14/h1-3,9H,4H2,(H,13,14)/t9-/m0/s1. The average Bonchev–Trinajstić information content (AvgIpc) is 2.18. The van der Waals surface area contributed by atoms with E-state index in [2.05, 4.69) is 15.9 Å². The molecule has 0 unspecified atom stereocenters. The van der Waals surface area contributed by atoms with Crippen LogP contribution in [0.3, 0.4) is 0 Å². The van der Waals surface area contributed by atoms with Gasteiger partial charge in [0, 0.05) is 4.47 Å². The topological polar surface area (TPSA) is 63.6 Å². The van der Waals surface area contributed by atoms with E-state index in [0.29, 0.717) is 11.3 Å². The number of aliphatic carboxylic acids is 1. The van der Waals surface area contributed by atoms with E-state index in [-0.39, 0.29) is 12.2 Å². The normalized spacial score (nSPS) is 19.3. The summed E-state index contributed by atoms with van der Waals surface area (Å²) < 4.78 is 5.95. The second-order valence-electron chi connectivity index (χ2n) is 3.21. The molecule has 0 bridgehead atoms. The molecule has 1 aliphatic rings. The molecule has 1 heterocycles. The zero-order valence-electron chi connectivity index (χ0n) is 7.57. The molecule has 0 fully saturated rings. The van der Waals surface area contributed by atoms with Crippen LogP contribution in [0.2, 0.25) is 0 Å². The molecule has 0 saturated carbocycles. The molecule has 0 aliphatic carbocycles. The van der Waals surface area contributed by atoms with E-state index >= 15 is 0 Å². The number of hydrogen-bond acceptors (Lipinski definition) is 3. The van der Waals surface area contributed by atoms with Gasteiger partial charge >= 0.3 is 5.97 Å². The van der Waals surface area contributed by atoms with Crippen LogP contribution in [0.1, 0.15) is 16.8 Å². The summed E-state index contributed by atoms with van der Waals surface area (Å²) in [5, 5.41) is 8.75. The summed E-state index contributed by atoms with van der Waals surface area (Å²) in [6.07, 6.45) is -1.18. The van der Waals surface area contributed by atoms with E-state index in [1.807, 2.05) is 0 Å². The predicted molar refractivity (Wildman–Crippen MR) is 55.1 cm³/mol. The third-order valence-corrected chi connectivity index (χ3v) is 2.65. The Morgan fingerprint density at radius 2 is 2.27 bits per heavy atom. The van der Waals surface area contributed by atoms with Gasteiger partial charge in [0.2, 0.25) is 6.10 Å². The van der Waals surface area contributed by atoms with Crippen molar-refractivity contribution in [2.75, 3.05) is 0 Å². The Morgan fingerprint density at radius 3 is 2.93 bits per heavy atom. The van der Waals surface area contributed by atoms with Crippen LogP contribution in [0.4, 0.5) is 0 Å². The van der Waals surface area contributed by atoms with Crippen molar-refractivity contribution in [1.82, 2.24) is 0 Å². The van der Waals surface area contributed by atoms with Crippen molar-refractivity contribution in [2.24, 2.45) is 0 Å². The number of ether oxygens (including phenoxy) is 1. The summed E-state index contributed by atoms with van der Waals surface area (Å²) in [5.74, 6) is -0.983. The Labute approximate surface area is 94.0 Å². The second-order valence-corrected chi connectivity index (χ2v) is 4.13. The highest BCUT2D eigenvalue weighted by Crippen LogP contribution is 2.30. The molecule has 15 heavy (non-hydrogen) atoms. The molecular formula is C10H7BrO4. The lowest BCUT2D eigenvalue weighted by molar-refractivity contribution is -0.145. The lowest BCUT2D eigenvalue weighted by Crippen LogP contribution is -2.33. The third kappa shape index (κ3) is 1.87. The SMILES string of the molecule is O=C1C[C@@H](C(=O)O)Oc2ccc(Br)cc21. The number of benzene rings is 1. The monoisotopic (exact) mass is 270 g/mol. The Balaban J connectivity index is 2.41. The molecule has 0 aromatic heterocycles. The minimum absolute atomic E-state index is 0.112. The fourth-order valence-corrected chi connectivity index (χ4v) is 1.79. The Bertz CT molecular complexity index is 441. The van der Waals surface area contributed by atoms with Gasteiger partial charge in [0.1, 0.15) is 5.75 Å². The number of carbonyl (C=O) groups is 2. The number of carboxylic acids is 1. The van der Waals surface area contributed by atoms with Gasteiger partial charge in [0.15, 0.2) is 5.78 Å². The Hall–Kier alpha value is -1.36. The molecule has 0 amide bonds. The Kier molecular flexibility index (Phi) is 2.48. The summed E-state index contributed by atoms with van der Waals surface area (Å²) in [6, 6.07) is 4.93. The van der Waals surface area contributed by atoms with Gasteiger partial charge in [0.05, 0.1) is 12.0 Å². The molecule has 5 heteroatoms. The lowest BCUT2D eigenvalue weighted by Gasteiger charge is -2.22. The van der Waals surface area contributed by atoms with Crippen molar-refractivity contribution < 1.29 is 19.4 Å². The summed E-state index contributed by atoms with van der Waals surface area (Å²) in [5.41, 5.74) is 0.432. The van der Waals surface area contributed by atoms with Gasteiger partial charge in [0.25, 0.3) is 0 Å². The van der Waals surface area contributed by atoms with Crippen molar-refractivity contribution in [1.29, 1.82) is 0 Å². The molecule has 1 aromatic carbocycles. The summed E-state index contributed by atoms with van der Waals surface area (Å²) in [7, 11) is 0. The van der Waals surface area contributed by atoms with E-state index in [9.17, 15) is 9.59 Å². The maximum Gasteiger partial charge on any atom is 0.345 e. The molecule has 1 aliphatic heterocycles. The van der Waals surface area contributed by atoms with Crippen LogP contribution in [0.15, 0.2) is 22.7 Å². The zero-order chi connectivity index (χ0) is 11.0. The van der Waals surface area contributed by atoms with E-state index < -0.39 is 12.1 Å². The van der Waals surface area contributed by atoms with Gasteiger partial charge in [-0.2, -0.15) is 0 Å². The highest BCUT2D eigenvalue weighted by molar-refractivity contribution is 9.10. The number of carboxylic acid groups (broad SMARTS) is 1. The second kappa shape index (κ2) is 3.66. The largest absolute Gasteiger partial charge is 0.478 e. The summed E-state index contributed by atoms with van der Waals surface area (Å²) in [6.45, 7) is 0. The maximum absolute atomic E-state index is 11.6. The molecule has 0 spiro atoms. The predicted octanol–water partition coefficient (Wildman–Crippen LogP) is 1.87. The van der Waals surface area contributed by atoms with Crippen molar-refractivity contribution in [3.05, 3.63) is 28.2 Å². The van der Waals surface area contributed by atoms with E-state index in [1.54, 1.807) is 18.2 Å². The number of hydrogen-bond donors (Lipinski definition) is 1. The van der Waals surface area contributed by atoms with Crippen molar-refractivity contribution in [2.45, 2.75) is 12.5 Å². The van der Waals surface area contributed by atoms with Crippen LogP contribution in [0, 0.1) is 0 Å². The minimum Gasteiger partial charge on any atom is -0.478 e. The van der Waals surface area contributed by atoms with Crippen molar-refractivity contribution in [3.63, 3.8) is 0 Å². The van der Waals surface area contributed by atoms with Gasteiger partial charge in [-0.15, -0.1) is 0 Å². The highest BCUT2D eigenvalue weighted by Gasteiger charge is 2.31. The third-order valence-electron chi connectivity index (χ3n) is 2.16. The first kappa shape index (κ1) is 10.2. The molecule has 1 aromatic rings. The molecule has 1 atom stereocenters. The molecule has 2 rings (SSSR count). The number of rotatable bonds is 1. The van der Waals surface area contributed by atoms with E-state index in [0.717, 1.165) is 4.47 Å². The van der Waals surface area contributed by atoms with Crippen LogP contribution in [-0.4, -0.2) is 23.0 Å². The van der Waals surface area contributed by atoms with Crippen molar-refractivity contribution >= 4 is 27.7 Å². The molecule has 78 valence electrons. The lowest BCUT2D eigenvalue weighted by atomic mass is 10.0. The summed E-state index contributed by atoms with van der Waals surface area (Å²) in [4.78, 5) is 22.3. The van der Waals surface area contributed by atoms with Crippen LogP contribution in [0.25, 0.3) is 0 Å². The number of halogens is 1. The number of Topliss-reactive ketones (excluding diaryl/α,β-unsaturated/α-hetero) is 1. The summed E-state index contributed by atoms with van der Waals surface area (Å²) >= 11 is 3.24. The first-order valence-electron chi connectivity index (χ1n) is 4.30. The smallest absolute Gasteiger partial charge is 0.345 e. The molecular weight excluding hydrogens is 264 g/mol. The quantitative estimate of drug-likeness (QED) is 0.846. The molecule has 0 radical (unpaired) electrons. The number of carbonyl (C=O) groups excluding carboxylic acids is 1. The fraction of sp³-hybridized carbons (Fsp3) is 0.200. The first-order valence-corrected chi connectivity index (χ1v) is 5.09. The van der Waals surface area contributed by atoms with Gasteiger partial charge in [-0.05, 0) is 18.2 Å². The van der Waals surface area contributed by atoms with Crippen LogP contribution in [-0.2, 0) is 4.79 Å². The minimum atomic E-state index is -1.11. The zero-order valence-corrected chi connectivity index (χ0v) is 9.15. The van der Waals surface area contributed by atoms with Gasteiger partial charge < -0.3 is 9.84 Å². The van der Waals surface area contributed by atoms with E-state index in [1.165, 1.54) is 0 Å². The van der Waals surface area contributed by atoms with Gasteiger partial charge in [-0.3, -0.25) is 4.79 Å². The van der Waals surface area contributed by atoms with Crippen LogP contribution in [0.5, 0.6) is 5.75 Å². The highest BCUT2D eigenvalue weighted by atomic mass is 79.9. The number of fused-ring (bicyclic) bond motifs is 1. The fourth-order valence-electron chi connectivity index (χ4n) is 1.43. The number of ketones is 1.